The second-order valence-electron chi connectivity index (χ2n) is 8.35. The number of amides is 1. The molecule has 0 aliphatic carbocycles. The molecule has 2 aliphatic heterocycles. The molecule has 0 atom stereocenters. The summed E-state index contributed by atoms with van der Waals surface area (Å²) in [6, 6.07) is 8.63. The summed E-state index contributed by atoms with van der Waals surface area (Å²) in [7, 11) is 0. The zero-order valence-electron chi connectivity index (χ0n) is 17.0. The number of likely N-dealkylation sites (tertiary alicyclic amines) is 1. The molecule has 5 nitrogen and oxygen atoms in total. The molecular weight excluding hydrogens is 380 g/mol. The fourth-order valence-electron chi connectivity index (χ4n) is 4.53. The van der Waals surface area contributed by atoms with Gasteiger partial charge in [0.15, 0.2) is 0 Å². The van der Waals surface area contributed by atoms with Crippen molar-refractivity contribution >= 4 is 33.3 Å². The normalized spacial score (nSPS) is 17.6. The molecule has 2 aromatic heterocycles. The summed E-state index contributed by atoms with van der Waals surface area (Å²) in [6.45, 7) is 7.83. The van der Waals surface area contributed by atoms with E-state index in [2.05, 4.69) is 53.0 Å². The van der Waals surface area contributed by atoms with Crippen LogP contribution in [0.25, 0.3) is 10.2 Å². The van der Waals surface area contributed by atoms with Gasteiger partial charge in [-0.15, -0.1) is 11.3 Å². The van der Waals surface area contributed by atoms with E-state index in [9.17, 15) is 4.79 Å². The van der Waals surface area contributed by atoms with Crippen LogP contribution in [0, 0.1) is 12.8 Å². The van der Waals surface area contributed by atoms with E-state index in [0.29, 0.717) is 5.92 Å². The highest BCUT2D eigenvalue weighted by molar-refractivity contribution is 7.20. The lowest BCUT2D eigenvalue weighted by molar-refractivity contribution is 0.0701. The van der Waals surface area contributed by atoms with E-state index >= 15 is 0 Å². The Morgan fingerprint density at radius 1 is 1.10 bits per heavy atom. The number of carbonyl (C=O) groups excluding carboxylic acids is 1. The van der Waals surface area contributed by atoms with Gasteiger partial charge >= 0.3 is 0 Å². The smallest absolute Gasteiger partial charge is 0.264 e. The molecule has 1 amide bonds. The number of anilines is 1. The van der Waals surface area contributed by atoms with E-state index in [0.717, 1.165) is 71.9 Å². The molecule has 1 saturated heterocycles. The third kappa shape index (κ3) is 3.29. The number of nitrogens with zero attached hydrogens (tertiary/aromatic N) is 4. The van der Waals surface area contributed by atoms with Crippen LogP contribution in [0.3, 0.4) is 0 Å². The third-order valence-corrected chi connectivity index (χ3v) is 7.59. The molecular formula is C23H26N4OS. The van der Waals surface area contributed by atoms with E-state index < -0.39 is 0 Å². The highest BCUT2D eigenvalue weighted by atomic mass is 32.1. The Morgan fingerprint density at radius 2 is 1.86 bits per heavy atom. The molecule has 0 radical (unpaired) electrons. The largest absolute Gasteiger partial charge is 0.351 e. The lowest BCUT2D eigenvalue weighted by Crippen LogP contribution is -2.37. The Balaban J connectivity index is 1.50. The summed E-state index contributed by atoms with van der Waals surface area (Å²) >= 11 is 1.52. The number of aryl methyl sites for hydroxylation is 1. The van der Waals surface area contributed by atoms with Crippen molar-refractivity contribution in [1.82, 2.24) is 14.9 Å². The van der Waals surface area contributed by atoms with Crippen LogP contribution in [0.2, 0.25) is 0 Å². The van der Waals surface area contributed by atoms with Gasteiger partial charge in [-0.25, -0.2) is 9.97 Å². The minimum Gasteiger partial charge on any atom is -0.351 e. The SMILES string of the molecule is Cc1c(C(=O)N2CCC(C)CC2)sc2ncnc(N3CCc4ccccc4C3)c12. The third-order valence-electron chi connectivity index (χ3n) is 6.40. The summed E-state index contributed by atoms with van der Waals surface area (Å²) in [6.07, 6.45) is 4.84. The van der Waals surface area contributed by atoms with Crippen molar-refractivity contribution in [3.05, 3.63) is 52.2 Å². The second kappa shape index (κ2) is 7.41. The Hall–Kier alpha value is -2.47. The first-order chi connectivity index (χ1) is 14.1. The quantitative estimate of drug-likeness (QED) is 0.632. The van der Waals surface area contributed by atoms with Crippen LogP contribution in [-0.2, 0) is 13.0 Å². The maximum atomic E-state index is 13.2. The van der Waals surface area contributed by atoms with Gasteiger partial charge < -0.3 is 9.80 Å². The number of piperidine rings is 1. The molecule has 150 valence electrons. The van der Waals surface area contributed by atoms with E-state index in [1.165, 1.54) is 22.5 Å². The standard InChI is InChI=1S/C23H26N4OS/c1-15-7-10-26(11-8-15)23(28)20-16(2)19-21(24-14-25-22(19)29-20)27-12-9-17-5-3-4-6-18(17)13-27/h3-6,14-15H,7-13H2,1-2H3. The first-order valence-corrected chi connectivity index (χ1v) is 11.3. The molecule has 5 rings (SSSR count). The fourth-order valence-corrected chi connectivity index (χ4v) is 5.64. The number of rotatable bonds is 2. The Labute approximate surface area is 175 Å². The maximum absolute atomic E-state index is 13.2. The molecule has 2 aliphatic rings. The number of fused-ring (bicyclic) bond motifs is 2. The molecule has 3 aromatic rings. The molecule has 0 N–H and O–H groups in total. The van der Waals surface area contributed by atoms with Crippen LogP contribution in [0.15, 0.2) is 30.6 Å². The zero-order chi connectivity index (χ0) is 20.0. The van der Waals surface area contributed by atoms with Crippen LogP contribution < -0.4 is 4.90 Å². The molecule has 0 saturated carbocycles. The predicted octanol–water partition coefficient (Wildman–Crippen LogP) is 4.43. The van der Waals surface area contributed by atoms with Crippen molar-refractivity contribution in [1.29, 1.82) is 0 Å². The monoisotopic (exact) mass is 406 g/mol. The molecule has 1 aromatic carbocycles. The molecule has 6 heteroatoms. The van der Waals surface area contributed by atoms with Crippen molar-refractivity contribution < 1.29 is 4.79 Å². The minimum absolute atomic E-state index is 0.160. The first kappa shape index (κ1) is 18.6. The van der Waals surface area contributed by atoms with Gasteiger partial charge in [0, 0.05) is 26.2 Å². The molecule has 0 unspecified atom stereocenters. The van der Waals surface area contributed by atoms with Gasteiger partial charge in [-0.2, -0.15) is 0 Å². The summed E-state index contributed by atoms with van der Waals surface area (Å²) in [4.78, 5) is 28.5. The number of benzene rings is 1. The van der Waals surface area contributed by atoms with Crippen molar-refractivity contribution in [2.45, 2.75) is 39.7 Å². The van der Waals surface area contributed by atoms with Gasteiger partial charge in [-0.1, -0.05) is 31.2 Å². The molecule has 0 bridgehead atoms. The van der Waals surface area contributed by atoms with E-state index in [1.54, 1.807) is 6.33 Å². The first-order valence-electron chi connectivity index (χ1n) is 10.5. The molecule has 1 fully saturated rings. The Bertz CT molecular complexity index is 1070. The zero-order valence-corrected chi connectivity index (χ0v) is 17.8. The Morgan fingerprint density at radius 3 is 2.66 bits per heavy atom. The number of carbonyl (C=O) groups is 1. The van der Waals surface area contributed by atoms with E-state index in [1.807, 2.05) is 4.90 Å². The van der Waals surface area contributed by atoms with Crippen LogP contribution in [0.1, 0.15) is 46.1 Å². The summed E-state index contributed by atoms with van der Waals surface area (Å²) in [5, 5.41) is 1.05. The fraction of sp³-hybridized carbons (Fsp3) is 0.435. The maximum Gasteiger partial charge on any atom is 0.264 e. The number of thiophene rings is 1. The lowest BCUT2D eigenvalue weighted by Gasteiger charge is -2.30. The van der Waals surface area contributed by atoms with Crippen molar-refractivity contribution in [2.24, 2.45) is 5.92 Å². The van der Waals surface area contributed by atoms with Crippen molar-refractivity contribution in [3.8, 4) is 0 Å². The number of hydrogen-bond acceptors (Lipinski definition) is 5. The van der Waals surface area contributed by atoms with Gasteiger partial charge in [0.25, 0.3) is 5.91 Å². The van der Waals surface area contributed by atoms with Gasteiger partial charge in [0.1, 0.15) is 17.0 Å². The average Bonchev–Trinajstić information content (AvgIpc) is 3.10. The van der Waals surface area contributed by atoms with Gasteiger partial charge in [-0.05, 0) is 48.8 Å². The topological polar surface area (TPSA) is 49.3 Å². The second-order valence-corrected chi connectivity index (χ2v) is 9.35. The Kier molecular flexibility index (Phi) is 4.74. The van der Waals surface area contributed by atoms with Gasteiger partial charge in [-0.3, -0.25) is 4.79 Å². The predicted molar refractivity (Wildman–Crippen MR) is 118 cm³/mol. The molecule has 4 heterocycles. The summed E-state index contributed by atoms with van der Waals surface area (Å²) in [5.74, 6) is 1.83. The van der Waals surface area contributed by atoms with Crippen molar-refractivity contribution in [2.75, 3.05) is 24.5 Å². The van der Waals surface area contributed by atoms with Crippen LogP contribution >= 0.6 is 11.3 Å². The van der Waals surface area contributed by atoms with Crippen molar-refractivity contribution in [3.63, 3.8) is 0 Å². The van der Waals surface area contributed by atoms with E-state index in [4.69, 9.17) is 0 Å². The lowest BCUT2D eigenvalue weighted by atomic mass is 9.99. The highest BCUT2D eigenvalue weighted by Gasteiger charge is 2.28. The minimum atomic E-state index is 0.160. The number of aromatic nitrogens is 2. The summed E-state index contributed by atoms with van der Waals surface area (Å²) in [5.41, 5.74) is 3.81. The number of hydrogen-bond donors (Lipinski definition) is 0. The van der Waals surface area contributed by atoms with Gasteiger partial charge in [0.2, 0.25) is 0 Å². The van der Waals surface area contributed by atoms with Crippen LogP contribution in [0.5, 0.6) is 0 Å². The van der Waals surface area contributed by atoms with Crippen LogP contribution in [-0.4, -0.2) is 40.4 Å². The highest BCUT2D eigenvalue weighted by Crippen LogP contribution is 2.37. The molecule has 29 heavy (non-hydrogen) atoms. The van der Waals surface area contributed by atoms with E-state index in [-0.39, 0.29) is 5.91 Å². The van der Waals surface area contributed by atoms with Gasteiger partial charge in [0.05, 0.1) is 10.3 Å². The summed E-state index contributed by atoms with van der Waals surface area (Å²) < 4.78 is 0. The molecule has 0 spiro atoms. The van der Waals surface area contributed by atoms with Crippen LogP contribution in [0.4, 0.5) is 5.82 Å². The average molecular weight is 407 g/mol.